The highest BCUT2D eigenvalue weighted by molar-refractivity contribution is 7.92. The van der Waals surface area contributed by atoms with Gasteiger partial charge in [0, 0.05) is 13.1 Å². The largest absolute Gasteiger partial charge is 0.229 e. The fourth-order valence-electron chi connectivity index (χ4n) is 5.92. The van der Waals surface area contributed by atoms with E-state index in [0.29, 0.717) is 0 Å². The summed E-state index contributed by atoms with van der Waals surface area (Å²) < 4.78 is 50.1. The molecule has 4 aliphatic carbocycles. The van der Waals surface area contributed by atoms with Gasteiger partial charge in [0.15, 0.2) is 9.84 Å². The van der Waals surface area contributed by atoms with Crippen molar-refractivity contribution in [2.24, 2.45) is 23.2 Å². The third kappa shape index (κ3) is 2.73. The quantitative estimate of drug-likeness (QED) is 0.771. The maximum absolute atomic E-state index is 12.8. The Kier molecular flexibility index (Phi) is 3.45. The van der Waals surface area contributed by atoms with E-state index in [1.54, 1.807) is 0 Å². The lowest BCUT2D eigenvalue weighted by Gasteiger charge is -2.56. The van der Waals surface area contributed by atoms with Crippen LogP contribution in [0.1, 0.15) is 38.5 Å². The van der Waals surface area contributed by atoms with Crippen LogP contribution < -0.4 is 0 Å². The summed E-state index contributed by atoms with van der Waals surface area (Å²) in [4.78, 5) is 0. The standard InChI is InChI=1S/C15H25NO4S2/c17-21(18)3-1-16(2-4-21)22(19,20)11-15-8-12-5-13(9-15)7-14(6-12)10-15/h12-14H,1-11H2. The molecule has 0 aromatic carbocycles. The summed E-state index contributed by atoms with van der Waals surface area (Å²) in [6.07, 6.45) is 7.14. The molecule has 0 N–H and O–H groups in total. The zero-order chi connectivity index (χ0) is 15.6. The molecule has 5 rings (SSSR count). The normalized spacial score (nSPS) is 44.3. The summed E-state index contributed by atoms with van der Waals surface area (Å²) >= 11 is 0. The van der Waals surface area contributed by atoms with Crippen LogP contribution in [0.5, 0.6) is 0 Å². The maximum atomic E-state index is 12.8. The minimum Gasteiger partial charge on any atom is -0.229 e. The first-order valence-corrected chi connectivity index (χ1v) is 11.9. The Morgan fingerprint density at radius 2 is 1.36 bits per heavy atom. The van der Waals surface area contributed by atoms with Crippen molar-refractivity contribution in [3.8, 4) is 0 Å². The lowest BCUT2D eigenvalue weighted by Crippen LogP contribution is -2.52. The molecule has 1 aliphatic heterocycles. The SMILES string of the molecule is O=S1(=O)CCN(S(=O)(=O)CC23CC4CC(CC(C4)C2)C3)CC1. The van der Waals surface area contributed by atoms with Crippen LogP contribution in [0.2, 0.25) is 0 Å². The van der Waals surface area contributed by atoms with Crippen molar-refractivity contribution < 1.29 is 16.8 Å². The van der Waals surface area contributed by atoms with Gasteiger partial charge in [0.1, 0.15) is 0 Å². The number of rotatable bonds is 3. The first kappa shape index (κ1) is 15.4. The highest BCUT2D eigenvalue weighted by atomic mass is 32.2. The molecule has 0 aromatic heterocycles. The lowest BCUT2D eigenvalue weighted by atomic mass is 9.50. The molecular formula is C15H25NO4S2. The maximum Gasteiger partial charge on any atom is 0.214 e. The van der Waals surface area contributed by atoms with Crippen LogP contribution in [0.4, 0.5) is 0 Å². The van der Waals surface area contributed by atoms with Crippen molar-refractivity contribution in [2.75, 3.05) is 30.3 Å². The minimum absolute atomic E-state index is 0.0100. The van der Waals surface area contributed by atoms with Crippen LogP contribution in [0.25, 0.3) is 0 Å². The van der Waals surface area contributed by atoms with Gasteiger partial charge in [-0.05, 0) is 61.7 Å². The van der Waals surface area contributed by atoms with Gasteiger partial charge in [0.25, 0.3) is 0 Å². The molecule has 4 bridgehead atoms. The molecular weight excluding hydrogens is 322 g/mol. The number of nitrogens with zero attached hydrogens (tertiary/aromatic N) is 1. The molecule has 0 unspecified atom stereocenters. The Morgan fingerprint density at radius 3 is 1.82 bits per heavy atom. The Morgan fingerprint density at radius 1 is 0.909 bits per heavy atom. The molecule has 22 heavy (non-hydrogen) atoms. The summed E-state index contributed by atoms with van der Waals surface area (Å²) in [6.45, 7) is 0.300. The second kappa shape index (κ2) is 4.93. The van der Waals surface area contributed by atoms with Crippen molar-refractivity contribution >= 4 is 19.9 Å². The molecule has 7 heteroatoms. The van der Waals surface area contributed by atoms with Crippen LogP contribution in [-0.4, -0.2) is 51.5 Å². The predicted molar refractivity (Wildman–Crippen MR) is 84.6 cm³/mol. The third-order valence-electron chi connectivity index (χ3n) is 6.35. The minimum atomic E-state index is -3.33. The molecule has 5 nitrogen and oxygen atoms in total. The van der Waals surface area contributed by atoms with E-state index in [4.69, 9.17) is 0 Å². The van der Waals surface area contributed by atoms with Crippen LogP contribution in [0, 0.1) is 23.2 Å². The number of hydrogen-bond acceptors (Lipinski definition) is 4. The van der Waals surface area contributed by atoms with Crippen molar-refractivity contribution in [3.63, 3.8) is 0 Å². The smallest absolute Gasteiger partial charge is 0.214 e. The molecule has 1 heterocycles. The monoisotopic (exact) mass is 347 g/mol. The van der Waals surface area contributed by atoms with Crippen LogP contribution >= 0.6 is 0 Å². The Bertz CT molecular complexity index is 618. The zero-order valence-corrected chi connectivity index (χ0v) is 14.5. The molecule has 0 radical (unpaired) electrons. The van der Waals surface area contributed by atoms with Gasteiger partial charge in [0.05, 0.1) is 17.3 Å². The van der Waals surface area contributed by atoms with Crippen molar-refractivity contribution in [2.45, 2.75) is 38.5 Å². The predicted octanol–water partition coefficient (Wildman–Crippen LogP) is 1.26. The van der Waals surface area contributed by atoms with E-state index < -0.39 is 19.9 Å². The summed E-state index contributed by atoms with van der Waals surface area (Å²) in [5, 5.41) is 0. The van der Waals surface area contributed by atoms with E-state index in [1.807, 2.05) is 0 Å². The van der Waals surface area contributed by atoms with Crippen molar-refractivity contribution in [3.05, 3.63) is 0 Å². The van der Waals surface area contributed by atoms with Gasteiger partial charge in [-0.15, -0.1) is 0 Å². The molecule has 126 valence electrons. The van der Waals surface area contributed by atoms with Gasteiger partial charge in [0.2, 0.25) is 10.0 Å². The van der Waals surface area contributed by atoms with E-state index in [0.717, 1.165) is 37.0 Å². The molecule has 0 atom stereocenters. The average molecular weight is 348 g/mol. The zero-order valence-electron chi connectivity index (χ0n) is 12.9. The fourth-order valence-corrected chi connectivity index (χ4v) is 9.40. The molecule has 0 aromatic rings. The molecule has 1 saturated heterocycles. The lowest BCUT2D eigenvalue weighted by molar-refractivity contribution is -0.0394. The number of sulfonamides is 1. The van der Waals surface area contributed by atoms with Crippen LogP contribution in [-0.2, 0) is 19.9 Å². The van der Waals surface area contributed by atoms with Crippen LogP contribution in [0.15, 0.2) is 0 Å². The van der Waals surface area contributed by atoms with Gasteiger partial charge >= 0.3 is 0 Å². The van der Waals surface area contributed by atoms with Crippen molar-refractivity contribution in [1.29, 1.82) is 0 Å². The first-order chi connectivity index (χ1) is 10.3. The van der Waals surface area contributed by atoms with E-state index in [1.165, 1.54) is 23.6 Å². The summed E-state index contributed by atoms with van der Waals surface area (Å²) in [7, 11) is -6.36. The fraction of sp³-hybridized carbons (Fsp3) is 1.00. The third-order valence-corrected chi connectivity index (χ3v) is 10.1. The summed E-state index contributed by atoms with van der Waals surface area (Å²) in [6, 6.07) is 0. The molecule has 4 saturated carbocycles. The highest BCUT2D eigenvalue weighted by Crippen LogP contribution is 2.60. The van der Waals surface area contributed by atoms with Crippen LogP contribution in [0.3, 0.4) is 0 Å². The topological polar surface area (TPSA) is 71.5 Å². The Labute approximate surface area is 133 Å². The first-order valence-electron chi connectivity index (χ1n) is 8.44. The average Bonchev–Trinajstić information content (AvgIpc) is 2.34. The Balaban J connectivity index is 1.50. The van der Waals surface area contributed by atoms with E-state index in [9.17, 15) is 16.8 Å². The van der Waals surface area contributed by atoms with E-state index in [2.05, 4.69) is 0 Å². The molecule has 0 spiro atoms. The number of sulfone groups is 1. The molecule has 5 fully saturated rings. The van der Waals surface area contributed by atoms with Gasteiger partial charge in [-0.1, -0.05) is 0 Å². The highest BCUT2D eigenvalue weighted by Gasteiger charge is 2.53. The van der Waals surface area contributed by atoms with Gasteiger partial charge in [-0.3, -0.25) is 0 Å². The van der Waals surface area contributed by atoms with Gasteiger partial charge in [-0.2, -0.15) is 4.31 Å². The summed E-state index contributed by atoms with van der Waals surface area (Å²) in [5.41, 5.74) is -0.0100. The van der Waals surface area contributed by atoms with Crippen molar-refractivity contribution in [1.82, 2.24) is 4.31 Å². The second-order valence-corrected chi connectivity index (χ2v) is 12.5. The van der Waals surface area contributed by atoms with Gasteiger partial charge < -0.3 is 0 Å². The van der Waals surface area contributed by atoms with E-state index in [-0.39, 0.29) is 35.8 Å². The second-order valence-electron chi connectivity index (χ2n) is 8.22. The summed E-state index contributed by atoms with van der Waals surface area (Å²) in [5.74, 6) is 2.43. The Hall–Kier alpha value is -0.140. The molecule has 0 amide bonds. The number of hydrogen-bond donors (Lipinski definition) is 0. The van der Waals surface area contributed by atoms with Gasteiger partial charge in [-0.25, -0.2) is 16.8 Å². The molecule has 5 aliphatic rings. The van der Waals surface area contributed by atoms with E-state index >= 15 is 0 Å².